The third kappa shape index (κ3) is 4.29. The second-order valence-electron chi connectivity index (χ2n) is 6.74. The van der Waals surface area contributed by atoms with E-state index >= 15 is 0 Å². The predicted molar refractivity (Wildman–Crippen MR) is 103 cm³/mol. The van der Waals surface area contributed by atoms with Crippen LogP contribution in [0.2, 0.25) is 10.0 Å². The quantitative estimate of drug-likeness (QED) is 0.563. The fourth-order valence-electron chi connectivity index (χ4n) is 2.43. The number of hydrogen-bond acceptors (Lipinski definition) is 4. The van der Waals surface area contributed by atoms with Gasteiger partial charge in [-0.2, -0.15) is 0 Å². The summed E-state index contributed by atoms with van der Waals surface area (Å²) in [4.78, 5) is 24.2. The van der Waals surface area contributed by atoms with Crippen molar-refractivity contribution in [1.29, 1.82) is 0 Å². The van der Waals surface area contributed by atoms with E-state index in [0.717, 1.165) is 0 Å². The molecule has 7 heteroatoms. The summed E-state index contributed by atoms with van der Waals surface area (Å²) in [5.41, 5.74) is 1.07. The summed E-state index contributed by atoms with van der Waals surface area (Å²) >= 11 is 12.3. The number of anilines is 1. The summed E-state index contributed by atoms with van der Waals surface area (Å²) in [7, 11) is 1.24. The average Bonchev–Trinajstić information content (AvgIpc) is 2.54. The van der Waals surface area contributed by atoms with Crippen LogP contribution in [-0.4, -0.2) is 24.1 Å². The molecule has 0 atom stereocenters. The molecule has 2 aromatic rings. The highest BCUT2D eigenvalue weighted by molar-refractivity contribution is 6.40. The van der Waals surface area contributed by atoms with E-state index in [2.05, 4.69) is 10.1 Å². The number of halogens is 2. The van der Waals surface area contributed by atoms with Crippen LogP contribution in [0.25, 0.3) is 0 Å². The Bertz CT molecular complexity index is 849. The lowest BCUT2D eigenvalue weighted by atomic mass is 9.86. The number of rotatable bonds is 3. The van der Waals surface area contributed by atoms with E-state index in [9.17, 15) is 14.7 Å². The van der Waals surface area contributed by atoms with Crippen molar-refractivity contribution >= 4 is 40.8 Å². The zero-order chi connectivity index (χ0) is 19.6. The lowest BCUT2D eigenvalue weighted by Gasteiger charge is -2.21. The van der Waals surface area contributed by atoms with E-state index in [0.29, 0.717) is 11.3 Å². The van der Waals surface area contributed by atoms with Gasteiger partial charge in [-0.25, -0.2) is 4.79 Å². The number of esters is 1. The first-order valence-corrected chi connectivity index (χ1v) is 8.52. The third-order valence-electron chi connectivity index (χ3n) is 3.75. The molecule has 5 nitrogen and oxygen atoms in total. The molecule has 0 spiro atoms. The first-order chi connectivity index (χ1) is 12.0. The number of phenolic OH excluding ortho intramolecular Hbond substituents is 1. The minimum absolute atomic E-state index is 0.0326. The van der Waals surface area contributed by atoms with Gasteiger partial charge in [0.2, 0.25) is 0 Å². The summed E-state index contributed by atoms with van der Waals surface area (Å²) in [6, 6.07) is 7.43. The van der Waals surface area contributed by atoms with Crippen molar-refractivity contribution in [2.75, 3.05) is 12.4 Å². The molecule has 0 aliphatic carbocycles. The second kappa shape index (κ2) is 7.56. The standard InChI is InChI=1S/C19H19Cl2NO4/c1-19(2,3)12-9-11(5-6-15(12)23)22-17(24)16-13(20)7-10(8-14(16)21)18(25)26-4/h5-9,23H,1-4H3,(H,22,24). The zero-order valence-corrected chi connectivity index (χ0v) is 16.3. The Morgan fingerprint density at radius 1 is 1.08 bits per heavy atom. The Balaban J connectivity index is 2.35. The van der Waals surface area contributed by atoms with Gasteiger partial charge < -0.3 is 15.2 Å². The van der Waals surface area contributed by atoms with Gasteiger partial charge in [-0.1, -0.05) is 44.0 Å². The minimum Gasteiger partial charge on any atom is -0.508 e. The van der Waals surface area contributed by atoms with Gasteiger partial charge in [-0.3, -0.25) is 4.79 Å². The Hall–Kier alpha value is -2.24. The highest BCUT2D eigenvalue weighted by Crippen LogP contribution is 2.33. The molecule has 26 heavy (non-hydrogen) atoms. The SMILES string of the molecule is COC(=O)c1cc(Cl)c(C(=O)Nc2ccc(O)c(C(C)(C)C)c2)c(Cl)c1. The van der Waals surface area contributed by atoms with Gasteiger partial charge in [0.15, 0.2) is 0 Å². The van der Waals surface area contributed by atoms with Crippen LogP contribution in [0.4, 0.5) is 5.69 Å². The number of methoxy groups -OCH3 is 1. The maximum atomic E-state index is 12.6. The van der Waals surface area contributed by atoms with E-state index in [1.165, 1.54) is 25.3 Å². The fraction of sp³-hybridized carbons (Fsp3) is 0.263. The van der Waals surface area contributed by atoms with Gasteiger partial charge in [0, 0.05) is 11.3 Å². The van der Waals surface area contributed by atoms with E-state index in [-0.39, 0.29) is 32.3 Å². The normalized spacial score (nSPS) is 11.2. The lowest BCUT2D eigenvalue weighted by Crippen LogP contribution is -2.16. The molecule has 138 valence electrons. The molecule has 0 unspecified atom stereocenters. The number of aromatic hydroxyl groups is 1. The van der Waals surface area contributed by atoms with Gasteiger partial charge in [-0.15, -0.1) is 0 Å². The van der Waals surface area contributed by atoms with Crippen molar-refractivity contribution < 1.29 is 19.4 Å². The Labute approximate surface area is 161 Å². The van der Waals surface area contributed by atoms with Crippen molar-refractivity contribution in [3.8, 4) is 5.75 Å². The molecule has 0 fully saturated rings. The van der Waals surface area contributed by atoms with E-state index < -0.39 is 11.9 Å². The molecular weight excluding hydrogens is 377 g/mol. The minimum atomic E-state index is -0.603. The maximum absolute atomic E-state index is 12.6. The molecule has 0 radical (unpaired) electrons. The first-order valence-electron chi connectivity index (χ1n) is 7.76. The smallest absolute Gasteiger partial charge is 0.337 e. The number of phenols is 1. The summed E-state index contributed by atoms with van der Waals surface area (Å²) in [6.07, 6.45) is 0. The van der Waals surface area contributed by atoms with Gasteiger partial charge in [0.25, 0.3) is 5.91 Å². The lowest BCUT2D eigenvalue weighted by molar-refractivity contribution is 0.0600. The number of amides is 1. The molecule has 0 aromatic heterocycles. The molecule has 0 bridgehead atoms. The number of carbonyl (C=O) groups is 2. The Morgan fingerprint density at radius 2 is 1.65 bits per heavy atom. The van der Waals surface area contributed by atoms with Crippen molar-refractivity contribution in [3.05, 3.63) is 57.1 Å². The number of ether oxygens (including phenoxy) is 1. The van der Waals surface area contributed by atoms with Crippen LogP contribution in [-0.2, 0) is 10.2 Å². The van der Waals surface area contributed by atoms with Crippen LogP contribution >= 0.6 is 23.2 Å². The van der Waals surface area contributed by atoms with Crippen LogP contribution in [0.1, 0.15) is 47.1 Å². The molecule has 0 saturated carbocycles. The van der Waals surface area contributed by atoms with Crippen molar-refractivity contribution in [1.82, 2.24) is 0 Å². The molecule has 0 heterocycles. The molecule has 2 aromatic carbocycles. The third-order valence-corrected chi connectivity index (χ3v) is 4.35. The van der Waals surface area contributed by atoms with Gasteiger partial charge in [0.1, 0.15) is 5.75 Å². The number of carbonyl (C=O) groups excluding carboxylic acids is 2. The molecule has 0 aliphatic rings. The number of benzene rings is 2. The molecule has 2 rings (SSSR count). The molecule has 0 saturated heterocycles. The Kier molecular flexibility index (Phi) is 5.84. The van der Waals surface area contributed by atoms with Crippen LogP contribution in [0.15, 0.2) is 30.3 Å². The largest absolute Gasteiger partial charge is 0.508 e. The summed E-state index contributed by atoms with van der Waals surface area (Å²) in [5.74, 6) is -0.981. The molecule has 0 aliphatic heterocycles. The number of nitrogens with one attached hydrogen (secondary N) is 1. The molecular formula is C19H19Cl2NO4. The highest BCUT2D eigenvalue weighted by Gasteiger charge is 2.21. The van der Waals surface area contributed by atoms with Crippen LogP contribution in [0, 0.1) is 0 Å². The van der Waals surface area contributed by atoms with E-state index in [4.69, 9.17) is 23.2 Å². The predicted octanol–water partition coefficient (Wildman–Crippen LogP) is 5.04. The summed E-state index contributed by atoms with van der Waals surface area (Å²) < 4.78 is 4.62. The maximum Gasteiger partial charge on any atom is 0.337 e. The zero-order valence-electron chi connectivity index (χ0n) is 14.8. The fourth-order valence-corrected chi connectivity index (χ4v) is 3.09. The van der Waals surface area contributed by atoms with Crippen molar-refractivity contribution in [2.24, 2.45) is 0 Å². The van der Waals surface area contributed by atoms with Crippen molar-refractivity contribution in [3.63, 3.8) is 0 Å². The van der Waals surface area contributed by atoms with Gasteiger partial charge in [-0.05, 0) is 35.7 Å². The van der Waals surface area contributed by atoms with Crippen LogP contribution in [0.5, 0.6) is 5.75 Å². The van der Waals surface area contributed by atoms with Crippen LogP contribution in [0.3, 0.4) is 0 Å². The topological polar surface area (TPSA) is 75.6 Å². The van der Waals surface area contributed by atoms with E-state index in [1.54, 1.807) is 12.1 Å². The van der Waals surface area contributed by atoms with E-state index in [1.807, 2.05) is 20.8 Å². The summed E-state index contributed by atoms with van der Waals surface area (Å²) in [5, 5.41) is 12.8. The molecule has 1 amide bonds. The number of hydrogen-bond donors (Lipinski definition) is 2. The van der Waals surface area contributed by atoms with Crippen molar-refractivity contribution in [2.45, 2.75) is 26.2 Å². The second-order valence-corrected chi connectivity index (χ2v) is 7.56. The van der Waals surface area contributed by atoms with Gasteiger partial charge >= 0.3 is 5.97 Å². The van der Waals surface area contributed by atoms with Crippen LogP contribution < -0.4 is 5.32 Å². The monoisotopic (exact) mass is 395 g/mol. The Morgan fingerprint density at radius 3 is 2.15 bits per heavy atom. The average molecular weight is 396 g/mol. The van der Waals surface area contributed by atoms with Gasteiger partial charge in [0.05, 0.1) is 28.3 Å². The summed E-state index contributed by atoms with van der Waals surface area (Å²) in [6.45, 7) is 5.85. The molecule has 2 N–H and O–H groups in total. The highest BCUT2D eigenvalue weighted by atomic mass is 35.5. The first kappa shape index (κ1) is 20.1.